The topological polar surface area (TPSA) is 53.6 Å². The molecule has 1 atom stereocenters. The Labute approximate surface area is 126 Å². The summed E-state index contributed by atoms with van der Waals surface area (Å²) in [5, 5.41) is 12.7. The van der Waals surface area contributed by atoms with Gasteiger partial charge in [0.2, 0.25) is 0 Å². The molecule has 0 saturated heterocycles. The van der Waals surface area contributed by atoms with E-state index in [9.17, 15) is 5.26 Å². The molecular formula is C17H22N4. The van der Waals surface area contributed by atoms with E-state index in [0.29, 0.717) is 0 Å². The van der Waals surface area contributed by atoms with Gasteiger partial charge in [-0.1, -0.05) is 30.3 Å². The van der Waals surface area contributed by atoms with E-state index in [2.05, 4.69) is 46.9 Å². The van der Waals surface area contributed by atoms with Crippen LogP contribution in [0.5, 0.6) is 0 Å². The van der Waals surface area contributed by atoms with Gasteiger partial charge >= 0.3 is 0 Å². The molecule has 0 aliphatic heterocycles. The molecule has 4 heteroatoms. The fraction of sp³-hybridized carbons (Fsp3) is 0.412. The molecule has 0 bridgehead atoms. The van der Waals surface area contributed by atoms with E-state index in [1.165, 1.54) is 0 Å². The van der Waals surface area contributed by atoms with Crippen LogP contribution in [0.2, 0.25) is 0 Å². The number of nitrogens with one attached hydrogen (secondary N) is 1. The Balaban J connectivity index is 2.12. The molecule has 2 rings (SSSR count). The zero-order valence-electron chi connectivity index (χ0n) is 12.9. The quantitative estimate of drug-likeness (QED) is 0.885. The molecule has 0 saturated carbocycles. The maximum Gasteiger partial charge on any atom is 0.139 e. The predicted molar refractivity (Wildman–Crippen MR) is 84.6 cm³/mol. The molecule has 21 heavy (non-hydrogen) atoms. The molecule has 1 aromatic carbocycles. The smallest absolute Gasteiger partial charge is 0.139 e. The summed E-state index contributed by atoms with van der Waals surface area (Å²) in [6, 6.07) is 12.8. The van der Waals surface area contributed by atoms with Crippen LogP contribution in [0, 0.1) is 11.3 Å². The minimum atomic E-state index is -0.521. The lowest BCUT2D eigenvalue weighted by atomic mass is 9.98. The Morgan fingerprint density at radius 3 is 2.67 bits per heavy atom. The van der Waals surface area contributed by atoms with Crippen molar-refractivity contribution >= 4 is 0 Å². The normalized spacial score (nSPS) is 13.9. The second-order valence-electron chi connectivity index (χ2n) is 5.80. The van der Waals surface area contributed by atoms with Crippen molar-refractivity contribution in [3.05, 3.63) is 42.7 Å². The zero-order chi connectivity index (χ0) is 15.3. The molecule has 4 nitrogen and oxygen atoms in total. The standard InChI is InChI=1S/C17H22N4/c1-14(2)20-17(3,13-18)9-11-21-12-10-19-16(21)15-7-5-4-6-8-15/h4-8,10,12,14,20H,9,11H2,1-3H3. The van der Waals surface area contributed by atoms with Gasteiger partial charge < -0.3 is 4.57 Å². The average Bonchev–Trinajstić information content (AvgIpc) is 2.94. The summed E-state index contributed by atoms with van der Waals surface area (Å²) >= 11 is 0. The minimum absolute atomic E-state index is 0.283. The monoisotopic (exact) mass is 282 g/mol. The lowest BCUT2D eigenvalue weighted by Crippen LogP contribution is -2.45. The van der Waals surface area contributed by atoms with Gasteiger partial charge in [-0.15, -0.1) is 0 Å². The average molecular weight is 282 g/mol. The molecule has 1 heterocycles. The van der Waals surface area contributed by atoms with Gasteiger partial charge in [0.1, 0.15) is 11.4 Å². The van der Waals surface area contributed by atoms with E-state index in [4.69, 9.17) is 0 Å². The van der Waals surface area contributed by atoms with Gasteiger partial charge in [-0.25, -0.2) is 4.98 Å². The second-order valence-corrected chi connectivity index (χ2v) is 5.80. The molecule has 0 spiro atoms. The third-order valence-corrected chi connectivity index (χ3v) is 3.45. The maximum absolute atomic E-state index is 9.41. The largest absolute Gasteiger partial charge is 0.331 e. The lowest BCUT2D eigenvalue weighted by molar-refractivity contribution is 0.363. The number of benzene rings is 1. The lowest BCUT2D eigenvalue weighted by Gasteiger charge is -2.26. The maximum atomic E-state index is 9.41. The van der Waals surface area contributed by atoms with Crippen molar-refractivity contribution in [1.29, 1.82) is 5.26 Å². The first-order valence-electron chi connectivity index (χ1n) is 7.29. The van der Waals surface area contributed by atoms with Crippen LogP contribution in [0.15, 0.2) is 42.7 Å². The fourth-order valence-corrected chi connectivity index (χ4v) is 2.48. The molecule has 1 N–H and O–H groups in total. The molecular weight excluding hydrogens is 260 g/mol. The van der Waals surface area contributed by atoms with E-state index < -0.39 is 5.54 Å². The van der Waals surface area contributed by atoms with Crippen molar-refractivity contribution in [3.63, 3.8) is 0 Å². The fourth-order valence-electron chi connectivity index (χ4n) is 2.48. The highest BCUT2D eigenvalue weighted by molar-refractivity contribution is 5.55. The second kappa shape index (κ2) is 6.55. The van der Waals surface area contributed by atoms with Crippen LogP contribution in [-0.2, 0) is 6.54 Å². The Bertz CT molecular complexity index is 609. The van der Waals surface area contributed by atoms with Gasteiger partial charge in [-0.3, -0.25) is 5.32 Å². The molecule has 0 aliphatic rings. The van der Waals surface area contributed by atoms with Crippen molar-refractivity contribution < 1.29 is 0 Å². The van der Waals surface area contributed by atoms with E-state index in [0.717, 1.165) is 24.4 Å². The Morgan fingerprint density at radius 2 is 2.05 bits per heavy atom. The zero-order valence-corrected chi connectivity index (χ0v) is 12.9. The highest BCUT2D eigenvalue weighted by Crippen LogP contribution is 2.19. The highest BCUT2D eigenvalue weighted by Gasteiger charge is 2.24. The Hall–Kier alpha value is -2.12. The molecule has 0 fully saturated rings. The van der Waals surface area contributed by atoms with Gasteiger partial charge in [0.05, 0.1) is 6.07 Å². The molecule has 0 aliphatic carbocycles. The van der Waals surface area contributed by atoms with Crippen molar-refractivity contribution in [2.75, 3.05) is 0 Å². The number of aromatic nitrogens is 2. The molecule has 0 radical (unpaired) electrons. The van der Waals surface area contributed by atoms with Gasteiger partial charge in [0.15, 0.2) is 0 Å². The molecule has 1 unspecified atom stereocenters. The summed E-state index contributed by atoms with van der Waals surface area (Å²) in [6.45, 7) is 6.82. The summed E-state index contributed by atoms with van der Waals surface area (Å²) in [4.78, 5) is 4.43. The molecule has 2 aromatic rings. The van der Waals surface area contributed by atoms with Crippen molar-refractivity contribution in [1.82, 2.24) is 14.9 Å². The first-order chi connectivity index (χ1) is 10.0. The van der Waals surface area contributed by atoms with Crippen LogP contribution >= 0.6 is 0 Å². The van der Waals surface area contributed by atoms with Crippen LogP contribution in [0.4, 0.5) is 0 Å². The van der Waals surface area contributed by atoms with Crippen LogP contribution in [-0.4, -0.2) is 21.1 Å². The minimum Gasteiger partial charge on any atom is -0.331 e. The number of imidazole rings is 1. The number of hydrogen-bond donors (Lipinski definition) is 1. The van der Waals surface area contributed by atoms with Gasteiger partial charge in [0, 0.05) is 30.5 Å². The number of aryl methyl sites for hydroxylation is 1. The summed E-state index contributed by atoms with van der Waals surface area (Å²) in [6.07, 6.45) is 4.51. The number of nitrogens with zero attached hydrogens (tertiary/aromatic N) is 3. The number of rotatable bonds is 6. The van der Waals surface area contributed by atoms with Crippen molar-refractivity contribution in [2.24, 2.45) is 0 Å². The van der Waals surface area contributed by atoms with Gasteiger partial charge in [-0.05, 0) is 27.2 Å². The molecule has 110 valence electrons. The van der Waals surface area contributed by atoms with Crippen LogP contribution in [0.1, 0.15) is 27.2 Å². The van der Waals surface area contributed by atoms with Crippen LogP contribution in [0.3, 0.4) is 0 Å². The predicted octanol–water partition coefficient (Wildman–Crippen LogP) is 3.22. The van der Waals surface area contributed by atoms with Crippen LogP contribution < -0.4 is 5.32 Å². The van der Waals surface area contributed by atoms with E-state index in [-0.39, 0.29) is 6.04 Å². The first kappa shape index (κ1) is 15.3. The summed E-state index contributed by atoms with van der Waals surface area (Å²) in [7, 11) is 0. The highest BCUT2D eigenvalue weighted by atomic mass is 15.1. The van der Waals surface area contributed by atoms with E-state index in [1.807, 2.05) is 37.5 Å². The van der Waals surface area contributed by atoms with Gasteiger partial charge in [-0.2, -0.15) is 5.26 Å². The van der Waals surface area contributed by atoms with Gasteiger partial charge in [0.25, 0.3) is 0 Å². The number of hydrogen-bond acceptors (Lipinski definition) is 3. The Kier molecular flexibility index (Phi) is 4.77. The van der Waals surface area contributed by atoms with Crippen LogP contribution in [0.25, 0.3) is 11.4 Å². The first-order valence-corrected chi connectivity index (χ1v) is 7.29. The third kappa shape index (κ3) is 3.93. The van der Waals surface area contributed by atoms with E-state index >= 15 is 0 Å². The molecule has 0 amide bonds. The number of nitriles is 1. The van der Waals surface area contributed by atoms with Crippen molar-refractivity contribution in [3.8, 4) is 17.5 Å². The SMILES string of the molecule is CC(C)NC(C)(C#N)CCn1ccnc1-c1ccccc1. The summed E-state index contributed by atoms with van der Waals surface area (Å²) < 4.78 is 2.10. The van der Waals surface area contributed by atoms with E-state index in [1.54, 1.807) is 0 Å². The molecule has 1 aromatic heterocycles. The summed E-state index contributed by atoms with van der Waals surface area (Å²) in [5.74, 6) is 0.945. The Morgan fingerprint density at radius 1 is 1.33 bits per heavy atom. The van der Waals surface area contributed by atoms with Crippen molar-refractivity contribution in [2.45, 2.75) is 45.3 Å². The third-order valence-electron chi connectivity index (χ3n) is 3.45. The summed E-state index contributed by atoms with van der Waals surface area (Å²) in [5.41, 5.74) is 0.574.